The van der Waals surface area contributed by atoms with Gasteiger partial charge in [-0.05, 0) is 38.8 Å². The van der Waals surface area contributed by atoms with Crippen molar-refractivity contribution in [2.24, 2.45) is 0 Å². The maximum absolute atomic E-state index is 12.7. The van der Waals surface area contributed by atoms with E-state index in [1.165, 1.54) is 11.1 Å². The van der Waals surface area contributed by atoms with Gasteiger partial charge >= 0.3 is 0 Å². The maximum Gasteiger partial charge on any atom is 0.276 e. The summed E-state index contributed by atoms with van der Waals surface area (Å²) < 4.78 is 11.0. The number of hydrogen-bond donors (Lipinski definition) is 0. The van der Waals surface area contributed by atoms with Crippen LogP contribution in [0.25, 0.3) is 0 Å². The summed E-state index contributed by atoms with van der Waals surface area (Å²) >= 11 is 0. The second-order valence-electron chi connectivity index (χ2n) is 6.31. The summed E-state index contributed by atoms with van der Waals surface area (Å²) in [5, 5.41) is 3.85. The lowest BCUT2D eigenvalue weighted by molar-refractivity contribution is -0.0492. The number of morpholine rings is 1. The monoisotopic (exact) mass is 314 g/mol. The quantitative estimate of drug-likeness (QED) is 0.854. The van der Waals surface area contributed by atoms with Crippen LogP contribution in [0, 0.1) is 20.8 Å². The van der Waals surface area contributed by atoms with E-state index in [1.807, 2.05) is 11.8 Å². The van der Waals surface area contributed by atoms with Crippen LogP contribution in [0.5, 0.6) is 0 Å². The number of amides is 1. The minimum Gasteiger partial charge on any atom is -0.370 e. The molecule has 23 heavy (non-hydrogen) atoms. The Morgan fingerprint density at radius 3 is 2.74 bits per heavy atom. The molecule has 0 aliphatic carbocycles. The van der Waals surface area contributed by atoms with Crippen LogP contribution in [-0.4, -0.2) is 35.2 Å². The van der Waals surface area contributed by atoms with Crippen molar-refractivity contribution in [2.75, 3.05) is 13.2 Å². The highest BCUT2D eigenvalue weighted by Gasteiger charge is 2.32. The van der Waals surface area contributed by atoms with E-state index < -0.39 is 0 Å². The molecule has 3 rings (SSSR count). The fourth-order valence-corrected chi connectivity index (χ4v) is 2.95. The Morgan fingerprint density at radius 1 is 1.26 bits per heavy atom. The molecular weight excluding hydrogens is 292 g/mol. The number of nitrogens with zero attached hydrogens (tertiary/aromatic N) is 2. The first-order valence-corrected chi connectivity index (χ1v) is 7.88. The van der Waals surface area contributed by atoms with Crippen LogP contribution in [0.4, 0.5) is 0 Å². The molecule has 1 aliphatic heterocycles. The fourth-order valence-electron chi connectivity index (χ4n) is 2.95. The Bertz CT molecular complexity index is 723. The lowest BCUT2D eigenvalue weighted by Crippen LogP contribution is -2.48. The number of carbonyl (C=O) groups is 1. The lowest BCUT2D eigenvalue weighted by atomic mass is 9.98. The van der Waals surface area contributed by atoms with Gasteiger partial charge in [-0.2, -0.15) is 0 Å². The number of ether oxygens (including phenoxy) is 1. The molecule has 2 heterocycles. The van der Waals surface area contributed by atoms with Crippen LogP contribution < -0.4 is 0 Å². The molecule has 1 fully saturated rings. The van der Waals surface area contributed by atoms with Crippen molar-refractivity contribution in [3.05, 3.63) is 52.4 Å². The van der Waals surface area contributed by atoms with Crippen molar-refractivity contribution in [1.82, 2.24) is 10.1 Å². The van der Waals surface area contributed by atoms with Gasteiger partial charge in [-0.25, -0.2) is 0 Å². The van der Waals surface area contributed by atoms with Gasteiger partial charge in [0.25, 0.3) is 5.91 Å². The minimum atomic E-state index is -0.108. The highest BCUT2D eigenvalue weighted by Crippen LogP contribution is 2.28. The second kappa shape index (κ2) is 6.16. The van der Waals surface area contributed by atoms with Crippen molar-refractivity contribution < 1.29 is 14.1 Å². The summed E-state index contributed by atoms with van der Waals surface area (Å²) in [6.07, 6.45) is -0.108. The first-order valence-electron chi connectivity index (χ1n) is 7.88. The predicted molar refractivity (Wildman–Crippen MR) is 86.3 cm³/mol. The van der Waals surface area contributed by atoms with Crippen molar-refractivity contribution in [3.8, 4) is 0 Å². The summed E-state index contributed by atoms with van der Waals surface area (Å²) in [7, 11) is 0. The molecule has 5 nitrogen and oxygen atoms in total. The second-order valence-corrected chi connectivity index (χ2v) is 6.31. The first kappa shape index (κ1) is 15.7. The summed E-state index contributed by atoms with van der Waals surface area (Å²) in [4.78, 5) is 14.5. The molecule has 1 aromatic heterocycles. The number of carbonyl (C=O) groups excluding carboxylic acids is 1. The topological polar surface area (TPSA) is 55.6 Å². The largest absolute Gasteiger partial charge is 0.370 e. The van der Waals surface area contributed by atoms with E-state index in [4.69, 9.17) is 9.26 Å². The third kappa shape index (κ3) is 3.15. The van der Waals surface area contributed by atoms with Gasteiger partial charge in [0.05, 0.1) is 19.2 Å². The van der Waals surface area contributed by atoms with Crippen LogP contribution in [0.15, 0.2) is 28.8 Å². The van der Waals surface area contributed by atoms with Crippen molar-refractivity contribution >= 4 is 5.91 Å². The van der Waals surface area contributed by atoms with E-state index in [9.17, 15) is 4.79 Å². The molecule has 0 saturated carbocycles. The van der Waals surface area contributed by atoms with Gasteiger partial charge in [-0.1, -0.05) is 28.9 Å². The normalized spacial score (nSPS) is 21.5. The first-order chi connectivity index (χ1) is 11.0. The Labute approximate surface area is 136 Å². The summed E-state index contributed by atoms with van der Waals surface area (Å²) in [6.45, 7) is 8.95. The molecule has 2 atom stereocenters. The standard InChI is InChI=1S/C18H22N2O3/c1-11-5-6-12(2)15(7-11)17-9-20(13(3)10-22-17)18(21)16-8-14(4)23-19-16/h5-8,13,17H,9-10H2,1-4H3/t13-,17-/m1/s1. The van der Waals surface area contributed by atoms with E-state index in [-0.39, 0.29) is 18.1 Å². The molecule has 5 heteroatoms. The Morgan fingerprint density at radius 2 is 2.04 bits per heavy atom. The average molecular weight is 314 g/mol. The SMILES string of the molecule is Cc1ccc(C)c([C@H]2CN(C(=O)c3cc(C)on3)[C@H](C)CO2)c1. The highest BCUT2D eigenvalue weighted by molar-refractivity contribution is 5.92. The van der Waals surface area contributed by atoms with E-state index in [1.54, 1.807) is 13.0 Å². The molecule has 1 saturated heterocycles. The average Bonchev–Trinajstić information content (AvgIpc) is 2.96. The van der Waals surface area contributed by atoms with Gasteiger partial charge in [-0.15, -0.1) is 0 Å². The van der Waals surface area contributed by atoms with Gasteiger partial charge in [-0.3, -0.25) is 4.79 Å². The van der Waals surface area contributed by atoms with Gasteiger partial charge in [0, 0.05) is 6.07 Å². The van der Waals surface area contributed by atoms with Crippen LogP contribution in [0.1, 0.15) is 46.0 Å². The molecular formula is C18H22N2O3. The number of rotatable bonds is 2. The van der Waals surface area contributed by atoms with Gasteiger partial charge in [0.15, 0.2) is 5.69 Å². The van der Waals surface area contributed by atoms with Gasteiger partial charge in [0.1, 0.15) is 11.9 Å². The van der Waals surface area contributed by atoms with Crippen LogP contribution in [-0.2, 0) is 4.74 Å². The van der Waals surface area contributed by atoms with E-state index in [2.05, 4.69) is 37.2 Å². The maximum atomic E-state index is 12.7. The molecule has 0 spiro atoms. The Kier molecular flexibility index (Phi) is 4.22. The molecule has 2 aromatic rings. The molecule has 0 N–H and O–H groups in total. The van der Waals surface area contributed by atoms with E-state index in [0.29, 0.717) is 24.6 Å². The molecule has 0 unspecified atom stereocenters. The smallest absolute Gasteiger partial charge is 0.276 e. The van der Waals surface area contributed by atoms with Gasteiger partial charge < -0.3 is 14.2 Å². The van der Waals surface area contributed by atoms with Crippen LogP contribution >= 0.6 is 0 Å². The summed E-state index contributed by atoms with van der Waals surface area (Å²) in [6, 6.07) is 8.02. The highest BCUT2D eigenvalue weighted by atomic mass is 16.5. The minimum absolute atomic E-state index is 0.0147. The molecule has 0 radical (unpaired) electrons. The fraction of sp³-hybridized carbons (Fsp3) is 0.444. The summed E-state index contributed by atoms with van der Waals surface area (Å²) in [5.41, 5.74) is 3.87. The zero-order valence-electron chi connectivity index (χ0n) is 14.0. The Hall–Kier alpha value is -2.14. The Balaban J connectivity index is 1.84. The number of aryl methyl sites for hydroxylation is 3. The zero-order valence-corrected chi connectivity index (χ0v) is 14.0. The van der Waals surface area contributed by atoms with Crippen molar-refractivity contribution in [2.45, 2.75) is 39.8 Å². The van der Waals surface area contributed by atoms with Crippen molar-refractivity contribution in [3.63, 3.8) is 0 Å². The lowest BCUT2D eigenvalue weighted by Gasteiger charge is -2.38. The number of benzene rings is 1. The zero-order chi connectivity index (χ0) is 16.6. The van der Waals surface area contributed by atoms with Crippen LogP contribution in [0.3, 0.4) is 0 Å². The predicted octanol–water partition coefficient (Wildman–Crippen LogP) is 3.20. The summed E-state index contributed by atoms with van der Waals surface area (Å²) in [5.74, 6) is 0.535. The number of aromatic nitrogens is 1. The van der Waals surface area contributed by atoms with Crippen LogP contribution in [0.2, 0.25) is 0 Å². The third-order valence-electron chi connectivity index (χ3n) is 4.32. The molecule has 0 bridgehead atoms. The third-order valence-corrected chi connectivity index (χ3v) is 4.32. The van der Waals surface area contributed by atoms with Crippen molar-refractivity contribution in [1.29, 1.82) is 0 Å². The molecule has 1 aromatic carbocycles. The number of hydrogen-bond acceptors (Lipinski definition) is 4. The molecule has 1 amide bonds. The van der Waals surface area contributed by atoms with Gasteiger partial charge in [0.2, 0.25) is 0 Å². The van der Waals surface area contributed by atoms with E-state index in [0.717, 1.165) is 5.56 Å². The molecule has 1 aliphatic rings. The molecule has 122 valence electrons. The van der Waals surface area contributed by atoms with E-state index >= 15 is 0 Å².